The van der Waals surface area contributed by atoms with Gasteiger partial charge in [0.1, 0.15) is 6.17 Å². The molecule has 2 heterocycles. The number of aliphatic imine (C=N–C) groups is 1. The summed E-state index contributed by atoms with van der Waals surface area (Å²) >= 11 is 0. The molecular weight excluding hydrogens is 138 g/mol. The Morgan fingerprint density at radius 3 is 2.82 bits per heavy atom. The van der Waals surface area contributed by atoms with Crippen molar-refractivity contribution in [2.75, 3.05) is 13.1 Å². The van der Waals surface area contributed by atoms with E-state index in [2.05, 4.69) is 15.2 Å². The summed E-state index contributed by atoms with van der Waals surface area (Å²) in [5.41, 5.74) is 0. The molecule has 11 heavy (non-hydrogen) atoms. The Morgan fingerprint density at radius 1 is 1.36 bits per heavy atom. The van der Waals surface area contributed by atoms with Crippen molar-refractivity contribution in [1.29, 1.82) is 0 Å². The SMILES string of the molecule is C1=CNC(N2CCCC2)C=N1. The number of hydrogen-bond acceptors (Lipinski definition) is 3. The van der Waals surface area contributed by atoms with Gasteiger partial charge in [-0.15, -0.1) is 0 Å². The summed E-state index contributed by atoms with van der Waals surface area (Å²) in [6.07, 6.45) is 8.66. The van der Waals surface area contributed by atoms with E-state index in [-0.39, 0.29) is 0 Å². The van der Waals surface area contributed by atoms with Crippen LogP contribution < -0.4 is 5.32 Å². The highest BCUT2D eigenvalue weighted by Crippen LogP contribution is 2.10. The van der Waals surface area contributed by atoms with Gasteiger partial charge in [-0.2, -0.15) is 0 Å². The summed E-state index contributed by atoms with van der Waals surface area (Å²) < 4.78 is 0. The van der Waals surface area contributed by atoms with Gasteiger partial charge < -0.3 is 5.32 Å². The van der Waals surface area contributed by atoms with E-state index in [1.807, 2.05) is 12.4 Å². The summed E-state index contributed by atoms with van der Waals surface area (Å²) in [6, 6.07) is 0. The molecule has 0 aromatic heterocycles. The van der Waals surface area contributed by atoms with E-state index in [1.54, 1.807) is 6.20 Å². The van der Waals surface area contributed by atoms with Gasteiger partial charge in [0.15, 0.2) is 0 Å². The van der Waals surface area contributed by atoms with Crippen molar-refractivity contribution in [3.63, 3.8) is 0 Å². The van der Waals surface area contributed by atoms with Gasteiger partial charge in [0.05, 0.1) is 0 Å². The zero-order chi connectivity index (χ0) is 7.52. The first-order chi connectivity index (χ1) is 5.47. The first-order valence-corrected chi connectivity index (χ1v) is 4.15. The zero-order valence-corrected chi connectivity index (χ0v) is 6.53. The Morgan fingerprint density at radius 2 is 2.18 bits per heavy atom. The van der Waals surface area contributed by atoms with Crippen LogP contribution in [0.15, 0.2) is 17.4 Å². The molecule has 0 spiro atoms. The fourth-order valence-electron chi connectivity index (χ4n) is 1.58. The van der Waals surface area contributed by atoms with E-state index >= 15 is 0 Å². The number of likely N-dealkylation sites (tertiary alicyclic amines) is 1. The van der Waals surface area contributed by atoms with Crippen LogP contribution in [-0.2, 0) is 0 Å². The van der Waals surface area contributed by atoms with Crippen LogP contribution in [0.3, 0.4) is 0 Å². The maximum Gasteiger partial charge on any atom is 0.116 e. The Balaban J connectivity index is 1.94. The summed E-state index contributed by atoms with van der Waals surface area (Å²) in [4.78, 5) is 6.50. The lowest BCUT2D eigenvalue weighted by Gasteiger charge is -2.25. The maximum atomic E-state index is 4.09. The Hall–Kier alpha value is -0.830. The highest BCUT2D eigenvalue weighted by molar-refractivity contribution is 5.65. The van der Waals surface area contributed by atoms with Crippen LogP contribution in [0.25, 0.3) is 0 Å². The molecule has 2 aliphatic rings. The van der Waals surface area contributed by atoms with Gasteiger partial charge in [0.25, 0.3) is 0 Å². The third-order valence-electron chi connectivity index (χ3n) is 2.19. The standard InChI is InChI=1S/C8H13N3/c1-2-6-11(5-1)8-7-9-3-4-10-8/h3-4,7-8,10H,1-2,5-6H2. The molecule has 0 saturated carbocycles. The maximum absolute atomic E-state index is 4.09. The first-order valence-electron chi connectivity index (χ1n) is 4.15. The molecule has 1 N–H and O–H groups in total. The van der Waals surface area contributed by atoms with Gasteiger partial charge in [-0.3, -0.25) is 9.89 Å². The Labute approximate surface area is 66.8 Å². The normalized spacial score (nSPS) is 30.7. The zero-order valence-electron chi connectivity index (χ0n) is 6.53. The van der Waals surface area contributed by atoms with Crippen LogP contribution in [0.4, 0.5) is 0 Å². The smallest absolute Gasteiger partial charge is 0.116 e. The van der Waals surface area contributed by atoms with E-state index in [9.17, 15) is 0 Å². The second kappa shape index (κ2) is 3.05. The molecule has 3 heteroatoms. The number of nitrogens with zero attached hydrogens (tertiary/aromatic N) is 2. The lowest BCUT2D eigenvalue weighted by Crippen LogP contribution is -2.43. The average Bonchev–Trinajstić information content (AvgIpc) is 2.58. The molecule has 2 rings (SSSR count). The molecule has 0 bridgehead atoms. The van der Waals surface area contributed by atoms with E-state index in [1.165, 1.54) is 25.9 Å². The fraction of sp³-hybridized carbons (Fsp3) is 0.625. The monoisotopic (exact) mass is 151 g/mol. The van der Waals surface area contributed by atoms with Gasteiger partial charge in [-0.05, 0) is 12.8 Å². The van der Waals surface area contributed by atoms with E-state index in [0.29, 0.717) is 6.17 Å². The van der Waals surface area contributed by atoms with Crippen LogP contribution in [0, 0.1) is 0 Å². The predicted octanol–water partition coefficient (Wildman–Crippen LogP) is 0.553. The molecule has 0 aromatic rings. The lowest BCUT2D eigenvalue weighted by molar-refractivity contribution is 0.282. The Bertz CT molecular complexity index is 180. The third-order valence-corrected chi connectivity index (χ3v) is 2.19. The third kappa shape index (κ3) is 1.43. The highest BCUT2D eigenvalue weighted by atomic mass is 15.3. The number of rotatable bonds is 1. The largest absolute Gasteiger partial charge is 0.370 e. The van der Waals surface area contributed by atoms with Crippen LogP contribution in [-0.4, -0.2) is 30.4 Å². The second-order valence-electron chi connectivity index (χ2n) is 2.97. The average molecular weight is 151 g/mol. The predicted molar refractivity (Wildman–Crippen MR) is 45.4 cm³/mol. The van der Waals surface area contributed by atoms with Gasteiger partial charge in [0, 0.05) is 31.7 Å². The van der Waals surface area contributed by atoms with Crippen molar-refractivity contribution >= 4 is 6.21 Å². The molecule has 1 atom stereocenters. The first kappa shape index (κ1) is 6.85. The van der Waals surface area contributed by atoms with Gasteiger partial charge in [-0.1, -0.05) is 0 Å². The number of nitrogens with one attached hydrogen (secondary N) is 1. The molecule has 0 radical (unpaired) electrons. The Kier molecular flexibility index (Phi) is 1.90. The van der Waals surface area contributed by atoms with Gasteiger partial charge in [0.2, 0.25) is 0 Å². The van der Waals surface area contributed by atoms with E-state index < -0.39 is 0 Å². The number of hydrogen-bond donors (Lipinski definition) is 1. The molecule has 1 unspecified atom stereocenters. The molecule has 3 nitrogen and oxygen atoms in total. The summed E-state index contributed by atoms with van der Waals surface area (Å²) in [5.74, 6) is 0. The van der Waals surface area contributed by atoms with E-state index in [4.69, 9.17) is 0 Å². The molecule has 1 fully saturated rings. The van der Waals surface area contributed by atoms with Crippen LogP contribution >= 0.6 is 0 Å². The van der Waals surface area contributed by atoms with Crippen LogP contribution in [0.5, 0.6) is 0 Å². The lowest BCUT2D eigenvalue weighted by atomic mass is 10.4. The molecule has 0 aromatic carbocycles. The molecule has 1 saturated heterocycles. The fourth-order valence-corrected chi connectivity index (χ4v) is 1.58. The topological polar surface area (TPSA) is 27.6 Å². The molecule has 2 aliphatic heterocycles. The van der Waals surface area contributed by atoms with Crippen molar-refractivity contribution in [3.05, 3.63) is 12.4 Å². The van der Waals surface area contributed by atoms with Crippen LogP contribution in [0.1, 0.15) is 12.8 Å². The van der Waals surface area contributed by atoms with Crippen molar-refractivity contribution < 1.29 is 0 Å². The molecule has 60 valence electrons. The minimum Gasteiger partial charge on any atom is -0.370 e. The van der Waals surface area contributed by atoms with Crippen molar-refractivity contribution in [2.45, 2.75) is 19.0 Å². The van der Waals surface area contributed by atoms with Gasteiger partial charge >= 0.3 is 0 Å². The van der Waals surface area contributed by atoms with Gasteiger partial charge in [-0.25, -0.2) is 0 Å². The quantitative estimate of drug-likeness (QED) is 0.592. The minimum atomic E-state index is 0.350. The molecule has 0 amide bonds. The van der Waals surface area contributed by atoms with Crippen molar-refractivity contribution in [3.8, 4) is 0 Å². The summed E-state index contributed by atoms with van der Waals surface area (Å²) in [7, 11) is 0. The minimum absolute atomic E-state index is 0.350. The molecule has 0 aliphatic carbocycles. The van der Waals surface area contributed by atoms with Crippen molar-refractivity contribution in [1.82, 2.24) is 10.2 Å². The van der Waals surface area contributed by atoms with Crippen molar-refractivity contribution in [2.24, 2.45) is 4.99 Å². The second-order valence-corrected chi connectivity index (χ2v) is 2.97. The molecular formula is C8H13N3. The highest BCUT2D eigenvalue weighted by Gasteiger charge is 2.19. The summed E-state index contributed by atoms with van der Waals surface area (Å²) in [6.45, 7) is 2.41. The van der Waals surface area contributed by atoms with E-state index in [0.717, 1.165) is 0 Å². The summed E-state index contributed by atoms with van der Waals surface area (Å²) in [5, 5.41) is 3.26. The van der Waals surface area contributed by atoms with Crippen LogP contribution in [0.2, 0.25) is 0 Å².